The van der Waals surface area contributed by atoms with E-state index in [1.165, 1.54) is 12.8 Å². The lowest BCUT2D eigenvalue weighted by Gasteiger charge is -2.07. The summed E-state index contributed by atoms with van der Waals surface area (Å²) in [5.74, 6) is 1.49. The van der Waals surface area contributed by atoms with E-state index in [9.17, 15) is 0 Å². The van der Waals surface area contributed by atoms with Gasteiger partial charge in [0.05, 0.1) is 5.56 Å². The van der Waals surface area contributed by atoms with Gasteiger partial charge < -0.3 is 10.1 Å². The molecule has 0 radical (unpaired) electrons. The zero-order valence-electron chi connectivity index (χ0n) is 9.85. The molecule has 0 unspecified atom stereocenters. The number of nitrogens with zero attached hydrogens (tertiary/aromatic N) is 2. The molecule has 1 saturated carbocycles. The fourth-order valence-electron chi connectivity index (χ4n) is 1.55. The summed E-state index contributed by atoms with van der Waals surface area (Å²) in [4.78, 5) is 4.13. The number of rotatable bonds is 7. The second-order valence-corrected chi connectivity index (χ2v) is 4.31. The number of pyridine rings is 1. The summed E-state index contributed by atoms with van der Waals surface area (Å²) >= 11 is 0. The molecule has 1 aromatic heterocycles. The summed E-state index contributed by atoms with van der Waals surface area (Å²) in [5, 5.41) is 12.0. The van der Waals surface area contributed by atoms with E-state index in [0.29, 0.717) is 11.4 Å². The van der Waals surface area contributed by atoms with Crippen LogP contribution >= 0.6 is 0 Å². The normalized spacial score (nSPS) is 14.3. The summed E-state index contributed by atoms with van der Waals surface area (Å²) in [5.41, 5.74) is 0.589. The molecule has 1 aliphatic carbocycles. The van der Waals surface area contributed by atoms with Gasteiger partial charge in [-0.1, -0.05) is 0 Å². The molecule has 90 valence electrons. The van der Waals surface area contributed by atoms with Gasteiger partial charge in [-0.2, -0.15) is 5.26 Å². The van der Waals surface area contributed by atoms with Crippen LogP contribution in [-0.4, -0.2) is 24.7 Å². The first-order valence-electron chi connectivity index (χ1n) is 6.07. The lowest BCUT2D eigenvalue weighted by atomic mass is 10.3. The molecule has 1 heterocycles. The van der Waals surface area contributed by atoms with Gasteiger partial charge in [-0.3, -0.25) is 0 Å². The predicted molar refractivity (Wildman–Crippen MR) is 65.6 cm³/mol. The van der Waals surface area contributed by atoms with E-state index in [-0.39, 0.29) is 0 Å². The van der Waals surface area contributed by atoms with Gasteiger partial charge in [0.15, 0.2) is 0 Å². The summed E-state index contributed by atoms with van der Waals surface area (Å²) in [6, 6.07) is 5.64. The molecule has 1 aliphatic rings. The van der Waals surface area contributed by atoms with E-state index in [1.54, 1.807) is 18.3 Å². The van der Waals surface area contributed by atoms with Crippen molar-refractivity contribution in [1.29, 1.82) is 5.26 Å². The molecular weight excluding hydrogens is 214 g/mol. The Hall–Kier alpha value is -1.60. The Balaban J connectivity index is 1.61. The van der Waals surface area contributed by atoms with Crippen molar-refractivity contribution in [3.8, 4) is 6.07 Å². The molecular formula is C13H17N3O. The minimum Gasteiger partial charge on any atom is -0.381 e. The smallest absolute Gasteiger partial charge is 0.143 e. The molecule has 0 atom stereocenters. The maximum atomic E-state index is 8.87. The van der Waals surface area contributed by atoms with Crippen molar-refractivity contribution < 1.29 is 4.74 Å². The summed E-state index contributed by atoms with van der Waals surface area (Å²) in [7, 11) is 0. The van der Waals surface area contributed by atoms with Crippen LogP contribution in [0.4, 0.5) is 5.82 Å². The predicted octanol–water partition coefficient (Wildman–Crippen LogP) is 2.18. The molecule has 0 saturated heterocycles. The van der Waals surface area contributed by atoms with Gasteiger partial charge in [0, 0.05) is 26.0 Å². The fraction of sp³-hybridized carbons (Fsp3) is 0.538. The average Bonchev–Trinajstić information content (AvgIpc) is 3.18. The van der Waals surface area contributed by atoms with E-state index >= 15 is 0 Å². The molecule has 1 aromatic rings. The third kappa shape index (κ3) is 4.04. The van der Waals surface area contributed by atoms with E-state index in [1.807, 2.05) is 0 Å². The van der Waals surface area contributed by atoms with Crippen LogP contribution in [0.25, 0.3) is 0 Å². The van der Waals surface area contributed by atoms with E-state index in [0.717, 1.165) is 32.1 Å². The van der Waals surface area contributed by atoms with E-state index in [4.69, 9.17) is 10.00 Å². The highest BCUT2D eigenvalue weighted by atomic mass is 16.5. The van der Waals surface area contributed by atoms with E-state index < -0.39 is 0 Å². The van der Waals surface area contributed by atoms with Gasteiger partial charge in [0.2, 0.25) is 0 Å². The number of anilines is 1. The third-order valence-corrected chi connectivity index (χ3v) is 2.74. The van der Waals surface area contributed by atoms with Gasteiger partial charge in [0.1, 0.15) is 11.9 Å². The molecule has 4 heteroatoms. The van der Waals surface area contributed by atoms with Crippen LogP contribution in [0.15, 0.2) is 18.3 Å². The molecule has 0 aliphatic heterocycles. The van der Waals surface area contributed by atoms with Crippen LogP contribution in [0, 0.1) is 17.2 Å². The third-order valence-electron chi connectivity index (χ3n) is 2.74. The highest BCUT2D eigenvalue weighted by Crippen LogP contribution is 2.28. The molecule has 0 bridgehead atoms. The second kappa shape index (κ2) is 6.21. The lowest BCUT2D eigenvalue weighted by Crippen LogP contribution is -2.08. The maximum Gasteiger partial charge on any atom is 0.143 e. The van der Waals surface area contributed by atoms with Gasteiger partial charge >= 0.3 is 0 Å². The first kappa shape index (κ1) is 11.9. The van der Waals surface area contributed by atoms with Crippen molar-refractivity contribution in [3.05, 3.63) is 23.9 Å². The SMILES string of the molecule is N#Cc1cccnc1NCCCOCC1CC1. The monoisotopic (exact) mass is 231 g/mol. The van der Waals surface area contributed by atoms with Crippen molar-refractivity contribution in [1.82, 2.24) is 4.98 Å². The Kier molecular flexibility index (Phi) is 4.34. The molecule has 0 amide bonds. The van der Waals surface area contributed by atoms with Gasteiger partial charge in [0.25, 0.3) is 0 Å². The first-order valence-corrected chi connectivity index (χ1v) is 6.07. The van der Waals surface area contributed by atoms with Crippen molar-refractivity contribution in [2.75, 3.05) is 25.1 Å². The Labute approximate surface area is 102 Å². The Bertz CT molecular complexity index is 396. The number of nitrogens with one attached hydrogen (secondary N) is 1. The van der Waals surface area contributed by atoms with E-state index in [2.05, 4.69) is 16.4 Å². The Morgan fingerprint density at radius 2 is 2.41 bits per heavy atom. The van der Waals surface area contributed by atoms with Crippen LogP contribution in [0.2, 0.25) is 0 Å². The lowest BCUT2D eigenvalue weighted by molar-refractivity contribution is 0.124. The number of hydrogen-bond acceptors (Lipinski definition) is 4. The van der Waals surface area contributed by atoms with Gasteiger partial charge in [-0.05, 0) is 37.3 Å². The highest BCUT2D eigenvalue weighted by molar-refractivity contribution is 5.50. The summed E-state index contributed by atoms with van der Waals surface area (Å²) < 4.78 is 5.53. The first-order chi connectivity index (χ1) is 8.40. The fourth-order valence-corrected chi connectivity index (χ4v) is 1.55. The zero-order chi connectivity index (χ0) is 11.9. The minimum atomic E-state index is 0.589. The van der Waals surface area contributed by atoms with Crippen LogP contribution in [0.3, 0.4) is 0 Å². The van der Waals surface area contributed by atoms with Crippen LogP contribution in [0.5, 0.6) is 0 Å². The zero-order valence-corrected chi connectivity index (χ0v) is 9.85. The van der Waals surface area contributed by atoms with Crippen molar-refractivity contribution in [2.24, 2.45) is 5.92 Å². The molecule has 0 aromatic carbocycles. The van der Waals surface area contributed by atoms with Crippen molar-refractivity contribution in [3.63, 3.8) is 0 Å². The van der Waals surface area contributed by atoms with Gasteiger partial charge in [-0.25, -0.2) is 4.98 Å². The number of nitriles is 1. The molecule has 1 N–H and O–H groups in total. The molecule has 1 fully saturated rings. The summed E-state index contributed by atoms with van der Waals surface area (Å²) in [6.45, 7) is 2.47. The van der Waals surface area contributed by atoms with Crippen LogP contribution < -0.4 is 5.32 Å². The standard InChI is InChI=1S/C13H17N3O/c14-9-12-3-1-6-15-13(12)16-7-2-8-17-10-11-4-5-11/h1,3,6,11H,2,4-5,7-8,10H2,(H,15,16). The van der Waals surface area contributed by atoms with Crippen molar-refractivity contribution in [2.45, 2.75) is 19.3 Å². The van der Waals surface area contributed by atoms with Crippen molar-refractivity contribution >= 4 is 5.82 Å². The Morgan fingerprint density at radius 3 is 3.18 bits per heavy atom. The maximum absolute atomic E-state index is 8.87. The minimum absolute atomic E-state index is 0.589. The van der Waals surface area contributed by atoms with Gasteiger partial charge in [-0.15, -0.1) is 0 Å². The molecule has 0 spiro atoms. The largest absolute Gasteiger partial charge is 0.381 e. The van der Waals surface area contributed by atoms with Crippen LogP contribution in [-0.2, 0) is 4.74 Å². The summed E-state index contributed by atoms with van der Waals surface area (Å²) in [6.07, 6.45) is 5.29. The quantitative estimate of drug-likeness (QED) is 0.731. The number of hydrogen-bond donors (Lipinski definition) is 1. The molecule has 2 rings (SSSR count). The topological polar surface area (TPSA) is 57.9 Å². The second-order valence-electron chi connectivity index (χ2n) is 4.31. The number of aromatic nitrogens is 1. The van der Waals surface area contributed by atoms with Crippen LogP contribution in [0.1, 0.15) is 24.8 Å². The number of ether oxygens (including phenoxy) is 1. The molecule has 4 nitrogen and oxygen atoms in total. The molecule has 17 heavy (non-hydrogen) atoms. The Morgan fingerprint density at radius 1 is 1.53 bits per heavy atom. The average molecular weight is 231 g/mol. The highest BCUT2D eigenvalue weighted by Gasteiger charge is 2.20.